The number of nitrogens with two attached hydrogens (primary N) is 2. The molecule has 98 valence electrons. The molecule has 0 aromatic carbocycles. The molecule has 4 N–H and O–H groups in total. The third kappa shape index (κ3) is 3.70. The van der Waals surface area contributed by atoms with Crippen LogP contribution < -0.4 is 11.5 Å². The van der Waals surface area contributed by atoms with Gasteiger partial charge in [0.05, 0.1) is 12.5 Å². The van der Waals surface area contributed by atoms with E-state index in [9.17, 15) is 9.59 Å². The zero-order valence-corrected chi connectivity index (χ0v) is 10.7. The molecule has 2 unspecified atom stereocenters. The summed E-state index contributed by atoms with van der Waals surface area (Å²) in [6, 6.07) is -0.102. The molecule has 1 saturated carbocycles. The Bertz CT molecular complexity index is 291. The number of nitrogens with zero attached hydrogens (tertiary/aromatic N) is 1. The van der Waals surface area contributed by atoms with Crippen molar-refractivity contribution in [3.8, 4) is 0 Å². The second kappa shape index (κ2) is 6.00. The summed E-state index contributed by atoms with van der Waals surface area (Å²) in [5, 5.41) is 0. The SMILES string of the molecule is CC(C)N(CC(N)=O)C(=O)C1CCCCC1N. The third-order valence-electron chi connectivity index (χ3n) is 3.37. The molecule has 0 saturated heterocycles. The van der Waals surface area contributed by atoms with Gasteiger partial charge in [-0.1, -0.05) is 12.8 Å². The summed E-state index contributed by atoms with van der Waals surface area (Å²) in [7, 11) is 0. The number of primary amides is 1. The molecule has 1 aliphatic carbocycles. The normalized spacial score (nSPS) is 24.7. The molecule has 1 rings (SSSR count). The van der Waals surface area contributed by atoms with Crippen LogP contribution in [0.3, 0.4) is 0 Å². The highest BCUT2D eigenvalue weighted by Gasteiger charge is 2.32. The zero-order chi connectivity index (χ0) is 13.0. The molecule has 17 heavy (non-hydrogen) atoms. The van der Waals surface area contributed by atoms with Crippen molar-refractivity contribution in [3.05, 3.63) is 0 Å². The molecule has 0 radical (unpaired) electrons. The summed E-state index contributed by atoms with van der Waals surface area (Å²) in [4.78, 5) is 24.8. The van der Waals surface area contributed by atoms with E-state index in [1.54, 1.807) is 0 Å². The minimum Gasteiger partial charge on any atom is -0.368 e. The van der Waals surface area contributed by atoms with Crippen molar-refractivity contribution < 1.29 is 9.59 Å². The summed E-state index contributed by atoms with van der Waals surface area (Å²) in [6.07, 6.45) is 3.83. The van der Waals surface area contributed by atoms with Crippen LogP contribution in [0.1, 0.15) is 39.5 Å². The lowest BCUT2D eigenvalue weighted by atomic mass is 9.84. The van der Waals surface area contributed by atoms with Crippen molar-refractivity contribution in [3.63, 3.8) is 0 Å². The van der Waals surface area contributed by atoms with Gasteiger partial charge in [0.2, 0.25) is 11.8 Å². The molecule has 0 aromatic rings. The summed E-state index contributed by atoms with van der Waals surface area (Å²) < 4.78 is 0. The van der Waals surface area contributed by atoms with Crippen molar-refractivity contribution in [2.75, 3.05) is 6.54 Å². The first kappa shape index (κ1) is 14.0. The maximum Gasteiger partial charge on any atom is 0.237 e. The third-order valence-corrected chi connectivity index (χ3v) is 3.37. The van der Waals surface area contributed by atoms with Gasteiger partial charge in [-0.3, -0.25) is 9.59 Å². The van der Waals surface area contributed by atoms with Gasteiger partial charge >= 0.3 is 0 Å². The number of rotatable bonds is 4. The zero-order valence-electron chi connectivity index (χ0n) is 10.7. The molecule has 5 nitrogen and oxygen atoms in total. The molecular weight excluding hydrogens is 218 g/mol. The van der Waals surface area contributed by atoms with Crippen LogP contribution in [-0.2, 0) is 9.59 Å². The number of hydrogen-bond donors (Lipinski definition) is 2. The largest absolute Gasteiger partial charge is 0.368 e. The molecule has 1 aliphatic rings. The minimum atomic E-state index is -0.476. The van der Waals surface area contributed by atoms with Gasteiger partial charge in [-0.2, -0.15) is 0 Å². The lowest BCUT2D eigenvalue weighted by Crippen LogP contribution is -2.50. The van der Waals surface area contributed by atoms with Gasteiger partial charge in [0, 0.05) is 12.1 Å². The van der Waals surface area contributed by atoms with Crippen molar-refractivity contribution in [1.82, 2.24) is 4.90 Å². The van der Waals surface area contributed by atoms with Crippen molar-refractivity contribution in [2.45, 2.75) is 51.6 Å². The van der Waals surface area contributed by atoms with E-state index in [4.69, 9.17) is 11.5 Å². The van der Waals surface area contributed by atoms with Crippen LogP contribution in [0.15, 0.2) is 0 Å². The molecule has 2 atom stereocenters. The Morgan fingerprint density at radius 3 is 2.35 bits per heavy atom. The van der Waals surface area contributed by atoms with Crippen molar-refractivity contribution in [2.24, 2.45) is 17.4 Å². The van der Waals surface area contributed by atoms with Gasteiger partial charge in [-0.05, 0) is 26.7 Å². The maximum atomic E-state index is 12.3. The Balaban J connectivity index is 2.72. The fraction of sp³-hybridized carbons (Fsp3) is 0.833. The number of carbonyl (C=O) groups excluding carboxylic acids is 2. The first-order valence-corrected chi connectivity index (χ1v) is 6.28. The van der Waals surface area contributed by atoms with Gasteiger partial charge in [-0.15, -0.1) is 0 Å². The van der Waals surface area contributed by atoms with Gasteiger partial charge in [-0.25, -0.2) is 0 Å². The van der Waals surface area contributed by atoms with E-state index in [-0.39, 0.29) is 30.5 Å². The summed E-state index contributed by atoms with van der Waals surface area (Å²) in [5.41, 5.74) is 11.2. The van der Waals surface area contributed by atoms with E-state index in [0.29, 0.717) is 0 Å². The lowest BCUT2D eigenvalue weighted by molar-refractivity contribution is -0.142. The quantitative estimate of drug-likeness (QED) is 0.738. The highest BCUT2D eigenvalue weighted by atomic mass is 16.2. The lowest BCUT2D eigenvalue weighted by Gasteiger charge is -2.34. The predicted molar refractivity (Wildman–Crippen MR) is 66.0 cm³/mol. The Labute approximate surface area is 103 Å². The van der Waals surface area contributed by atoms with Crippen LogP contribution >= 0.6 is 0 Å². The number of hydrogen-bond acceptors (Lipinski definition) is 3. The monoisotopic (exact) mass is 241 g/mol. The first-order valence-electron chi connectivity index (χ1n) is 6.28. The molecule has 0 bridgehead atoms. The highest BCUT2D eigenvalue weighted by Crippen LogP contribution is 2.25. The van der Waals surface area contributed by atoms with E-state index in [0.717, 1.165) is 25.7 Å². The second-order valence-electron chi connectivity index (χ2n) is 5.08. The molecular formula is C12H23N3O2. The highest BCUT2D eigenvalue weighted by molar-refractivity contribution is 5.85. The standard InChI is InChI=1S/C12H23N3O2/c1-8(2)15(7-11(14)16)12(17)9-5-3-4-6-10(9)13/h8-10H,3-7,13H2,1-2H3,(H2,14,16). The van der Waals surface area contributed by atoms with E-state index in [1.807, 2.05) is 13.8 Å². The summed E-state index contributed by atoms with van der Waals surface area (Å²) in [5.74, 6) is -0.645. The Kier molecular flexibility index (Phi) is 4.93. The number of carbonyl (C=O) groups is 2. The average Bonchev–Trinajstić information content (AvgIpc) is 2.25. The van der Waals surface area contributed by atoms with Gasteiger partial charge in [0.15, 0.2) is 0 Å². The Morgan fingerprint density at radius 1 is 1.29 bits per heavy atom. The van der Waals surface area contributed by atoms with Gasteiger partial charge in [0.1, 0.15) is 0 Å². The predicted octanol–water partition coefficient (Wildman–Crippen LogP) is 0.226. The van der Waals surface area contributed by atoms with Gasteiger partial charge < -0.3 is 16.4 Å². The molecule has 2 amide bonds. The Hall–Kier alpha value is -1.10. The number of amides is 2. The van der Waals surface area contributed by atoms with E-state index in [2.05, 4.69) is 0 Å². The smallest absolute Gasteiger partial charge is 0.237 e. The minimum absolute atomic E-state index is 0.0142. The van der Waals surface area contributed by atoms with Gasteiger partial charge in [0.25, 0.3) is 0 Å². The fourth-order valence-electron chi connectivity index (χ4n) is 2.36. The molecule has 1 fully saturated rings. The first-order chi connectivity index (χ1) is 7.93. The maximum absolute atomic E-state index is 12.3. The fourth-order valence-corrected chi connectivity index (χ4v) is 2.36. The summed E-state index contributed by atoms with van der Waals surface area (Å²) in [6.45, 7) is 3.75. The van der Waals surface area contributed by atoms with Crippen LogP contribution in [0.5, 0.6) is 0 Å². The van der Waals surface area contributed by atoms with Crippen LogP contribution in [0, 0.1) is 5.92 Å². The molecule has 0 aliphatic heterocycles. The molecule has 0 aromatic heterocycles. The van der Waals surface area contributed by atoms with Crippen LogP contribution in [-0.4, -0.2) is 35.3 Å². The van der Waals surface area contributed by atoms with Crippen LogP contribution in [0.25, 0.3) is 0 Å². The molecule has 5 heteroatoms. The Morgan fingerprint density at radius 2 is 1.88 bits per heavy atom. The second-order valence-corrected chi connectivity index (χ2v) is 5.08. The topological polar surface area (TPSA) is 89.4 Å². The van der Waals surface area contributed by atoms with E-state index in [1.165, 1.54) is 4.90 Å². The van der Waals surface area contributed by atoms with Crippen LogP contribution in [0.2, 0.25) is 0 Å². The average molecular weight is 241 g/mol. The molecule has 0 spiro atoms. The van der Waals surface area contributed by atoms with Crippen LogP contribution in [0.4, 0.5) is 0 Å². The molecule has 0 heterocycles. The van der Waals surface area contributed by atoms with Crippen molar-refractivity contribution in [1.29, 1.82) is 0 Å². The van der Waals surface area contributed by atoms with Crippen molar-refractivity contribution >= 4 is 11.8 Å². The van der Waals surface area contributed by atoms with E-state index >= 15 is 0 Å². The van der Waals surface area contributed by atoms with E-state index < -0.39 is 5.91 Å². The summed E-state index contributed by atoms with van der Waals surface area (Å²) >= 11 is 0.